The van der Waals surface area contributed by atoms with Gasteiger partial charge in [0.25, 0.3) is 0 Å². The highest BCUT2D eigenvalue weighted by molar-refractivity contribution is 5.88. The van der Waals surface area contributed by atoms with E-state index in [2.05, 4.69) is 10.6 Å². The van der Waals surface area contributed by atoms with E-state index in [4.69, 9.17) is 16.6 Å². The third kappa shape index (κ3) is 8.05. The molecule has 0 spiro atoms. The maximum atomic E-state index is 11.3. The molecule has 0 aromatic rings. The highest BCUT2D eigenvalue weighted by atomic mass is 16.4. The Morgan fingerprint density at radius 3 is 2.22 bits per heavy atom. The van der Waals surface area contributed by atoms with E-state index in [1.807, 2.05) is 0 Å². The zero-order chi connectivity index (χ0) is 14.1. The van der Waals surface area contributed by atoms with Gasteiger partial charge in [-0.15, -0.1) is 0 Å². The van der Waals surface area contributed by atoms with Crippen LogP contribution < -0.4 is 22.1 Å². The molecule has 18 heavy (non-hydrogen) atoms. The molecule has 0 fully saturated rings. The number of hydrogen-bond donors (Lipinski definition) is 5. The Hall–Kier alpha value is -2.16. The quantitative estimate of drug-likeness (QED) is 0.310. The molecular formula is C9H16N4O5. The summed E-state index contributed by atoms with van der Waals surface area (Å²) < 4.78 is 0. The molecule has 0 aliphatic heterocycles. The summed E-state index contributed by atoms with van der Waals surface area (Å²) in [6.45, 7) is -0.904. The molecule has 1 atom stereocenters. The molecule has 0 unspecified atom stereocenters. The second kappa shape index (κ2) is 8.01. The van der Waals surface area contributed by atoms with Gasteiger partial charge < -0.3 is 27.2 Å². The molecule has 0 rings (SSSR count). The number of carbonyl (C=O) groups excluding carboxylic acids is 3. The van der Waals surface area contributed by atoms with Gasteiger partial charge in [0.05, 0.1) is 12.6 Å². The lowest BCUT2D eigenvalue weighted by Gasteiger charge is -2.10. The second-order valence-corrected chi connectivity index (χ2v) is 3.50. The predicted molar refractivity (Wildman–Crippen MR) is 60.1 cm³/mol. The standard InChI is InChI=1S/C9H16N4O5/c10-5(1-2-6(11)14)9(18)13-3-7(15)12-4-8(16)17/h5H,1-4,10H2,(H2,11,14)(H,12,15)(H,13,18)(H,16,17)/t5-/m0/s1. The third-order valence-electron chi connectivity index (χ3n) is 1.90. The highest BCUT2D eigenvalue weighted by Crippen LogP contribution is 1.93. The summed E-state index contributed by atoms with van der Waals surface area (Å²) in [6.07, 6.45) is 0.0533. The van der Waals surface area contributed by atoms with Crippen molar-refractivity contribution >= 4 is 23.7 Å². The van der Waals surface area contributed by atoms with E-state index in [-0.39, 0.29) is 19.4 Å². The molecule has 9 heteroatoms. The van der Waals surface area contributed by atoms with Crippen LogP contribution in [-0.2, 0) is 19.2 Å². The Morgan fingerprint density at radius 2 is 1.72 bits per heavy atom. The molecule has 0 aliphatic rings. The number of nitrogens with two attached hydrogens (primary N) is 2. The van der Waals surface area contributed by atoms with Gasteiger partial charge in [-0.25, -0.2) is 0 Å². The van der Waals surface area contributed by atoms with Crippen LogP contribution in [0.3, 0.4) is 0 Å². The van der Waals surface area contributed by atoms with Crippen LogP contribution in [0.25, 0.3) is 0 Å². The maximum absolute atomic E-state index is 11.3. The van der Waals surface area contributed by atoms with E-state index in [1.54, 1.807) is 0 Å². The van der Waals surface area contributed by atoms with Crippen molar-refractivity contribution in [2.75, 3.05) is 13.1 Å². The number of carboxylic acid groups (broad SMARTS) is 1. The van der Waals surface area contributed by atoms with Gasteiger partial charge in [0, 0.05) is 6.42 Å². The Kier molecular flexibility index (Phi) is 7.05. The van der Waals surface area contributed by atoms with Crippen molar-refractivity contribution in [3.8, 4) is 0 Å². The zero-order valence-electron chi connectivity index (χ0n) is 9.64. The number of hydrogen-bond acceptors (Lipinski definition) is 5. The molecule has 0 aliphatic carbocycles. The van der Waals surface area contributed by atoms with Gasteiger partial charge >= 0.3 is 5.97 Å². The lowest BCUT2D eigenvalue weighted by Crippen LogP contribution is -2.45. The lowest BCUT2D eigenvalue weighted by molar-refractivity contribution is -0.137. The molecule has 0 aromatic heterocycles. The van der Waals surface area contributed by atoms with Crippen LogP contribution in [0.2, 0.25) is 0 Å². The summed E-state index contributed by atoms with van der Waals surface area (Å²) >= 11 is 0. The van der Waals surface area contributed by atoms with Crippen LogP contribution >= 0.6 is 0 Å². The Bertz CT molecular complexity index is 344. The summed E-state index contributed by atoms with van der Waals surface area (Å²) in [7, 11) is 0. The SMILES string of the molecule is NC(=O)CC[C@H](N)C(=O)NCC(=O)NCC(=O)O. The van der Waals surface area contributed by atoms with Crippen LogP contribution in [0, 0.1) is 0 Å². The molecule has 9 nitrogen and oxygen atoms in total. The van der Waals surface area contributed by atoms with Crippen LogP contribution in [0.15, 0.2) is 0 Å². The average Bonchev–Trinajstić information content (AvgIpc) is 2.30. The van der Waals surface area contributed by atoms with Crippen molar-refractivity contribution in [1.82, 2.24) is 10.6 Å². The number of primary amides is 1. The molecule has 0 saturated carbocycles. The van der Waals surface area contributed by atoms with Crippen molar-refractivity contribution in [3.63, 3.8) is 0 Å². The van der Waals surface area contributed by atoms with Gasteiger partial charge in [-0.2, -0.15) is 0 Å². The van der Waals surface area contributed by atoms with Gasteiger partial charge in [0.1, 0.15) is 6.54 Å². The smallest absolute Gasteiger partial charge is 0.322 e. The van der Waals surface area contributed by atoms with Gasteiger partial charge in [0.2, 0.25) is 17.7 Å². The molecule has 0 heterocycles. The van der Waals surface area contributed by atoms with Gasteiger partial charge in [-0.1, -0.05) is 0 Å². The van der Waals surface area contributed by atoms with Gasteiger partial charge in [-0.05, 0) is 6.42 Å². The number of amides is 3. The number of carboxylic acids is 1. The minimum Gasteiger partial charge on any atom is -0.480 e. The minimum absolute atomic E-state index is 0.0280. The van der Waals surface area contributed by atoms with Crippen molar-refractivity contribution in [3.05, 3.63) is 0 Å². The van der Waals surface area contributed by atoms with E-state index in [0.29, 0.717) is 0 Å². The summed E-state index contributed by atoms with van der Waals surface area (Å²) in [4.78, 5) is 42.9. The Morgan fingerprint density at radius 1 is 1.11 bits per heavy atom. The first-order valence-electron chi connectivity index (χ1n) is 5.13. The van der Waals surface area contributed by atoms with Crippen LogP contribution in [0.4, 0.5) is 0 Å². The maximum Gasteiger partial charge on any atom is 0.322 e. The van der Waals surface area contributed by atoms with Gasteiger partial charge in [0.15, 0.2) is 0 Å². The molecule has 0 saturated heterocycles. The molecule has 0 aromatic carbocycles. The van der Waals surface area contributed by atoms with Crippen LogP contribution in [-0.4, -0.2) is 47.9 Å². The van der Waals surface area contributed by atoms with E-state index in [9.17, 15) is 19.2 Å². The summed E-state index contributed by atoms with van der Waals surface area (Å²) in [5.74, 6) is -3.01. The number of aliphatic carboxylic acids is 1. The van der Waals surface area contributed by atoms with E-state index >= 15 is 0 Å². The number of nitrogens with one attached hydrogen (secondary N) is 2. The van der Waals surface area contributed by atoms with Crippen molar-refractivity contribution < 1.29 is 24.3 Å². The fourth-order valence-corrected chi connectivity index (χ4v) is 0.964. The largest absolute Gasteiger partial charge is 0.480 e. The fourth-order valence-electron chi connectivity index (χ4n) is 0.964. The second-order valence-electron chi connectivity index (χ2n) is 3.50. The molecule has 102 valence electrons. The van der Waals surface area contributed by atoms with Crippen LogP contribution in [0.1, 0.15) is 12.8 Å². The average molecular weight is 260 g/mol. The first-order valence-corrected chi connectivity index (χ1v) is 5.13. The third-order valence-corrected chi connectivity index (χ3v) is 1.90. The van der Waals surface area contributed by atoms with Crippen LogP contribution in [0.5, 0.6) is 0 Å². The summed E-state index contributed by atoms with van der Waals surface area (Å²) in [5, 5.41) is 12.6. The first-order chi connectivity index (χ1) is 8.32. The monoisotopic (exact) mass is 260 g/mol. The molecule has 3 amide bonds. The molecule has 7 N–H and O–H groups in total. The van der Waals surface area contributed by atoms with Crippen molar-refractivity contribution in [1.29, 1.82) is 0 Å². The fraction of sp³-hybridized carbons (Fsp3) is 0.556. The Balaban J connectivity index is 3.84. The molecular weight excluding hydrogens is 244 g/mol. The topological polar surface area (TPSA) is 165 Å². The molecule has 0 radical (unpaired) electrons. The number of carbonyl (C=O) groups is 4. The summed E-state index contributed by atoms with van der Waals surface area (Å²) in [5.41, 5.74) is 10.3. The van der Waals surface area contributed by atoms with E-state index in [0.717, 1.165) is 0 Å². The highest BCUT2D eigenvalue weighted by Gasteiger charge is 2.15. The lowest BCUT2D eigenvalue weighted by atomic mass is 10.1. The van der Waals surface area contributed by atoms with E-state index in [1.165, 1.54) is 0 Å². The molecule has 0 bridgehead atoms. The normalized spacial score (nSPS) is 11.4. The van der Waals surface area contributed by atoms with E-state index < -0.39 is 36.3 Å². The first kappa shape index (κ1) is 15.8. The minimum atomic E-state index is -1.19. The summed E-state index contributed by atoms with van der Waals surface area (Å²) in [6, 6.07) is -0.940. The number of rotatable bonds is 8. The predicted octanol–water partition coefficient (Wildman–Crippen LogP) is -3.10. The van der Waals surface area contributed by atoms with Crippen molar-refractivity contribution in [2.45, 2.75) is 18.9 Å². The Labute approximate surface area is 103 Å². The zero-order valence-corrected chi connectivity index (χ0v) is 9.64. The van der Waals surface area contributed by atoms with Gasteiger partial charge in [-0.3, -0.25) is 19.2 Å². The van der Waals surface area contributed by atoms with Crippen molar-refractivity contribution in [2.24, 2.45) is 11.5 Å².